The summed E-state index contributed by atoms with van der Waals surface area (Å²) in [4.78, 5) is 56.2. The van der Waals surface area contributed by atoms with Crippen LogP contribution in [0, 0.1) is 0 Å². The second-order valence-corrected chi connectivity index (χ2v) is 26.0. The van der Waals surface area contributed by atoms with Crippen LogP contribution in [0.3, 0.4) is 0 Å². The summed E-state index contributed by atoms with van der Waals surface area (Å²) in [5.74, 6) is -0.146. The second-order valence-electron chi connectivity index (χ2n) is 17.2. The summed E-state index contributed by atoms with van der Waals surface area (Å²) in [7, 11) is -2.89. The summed E-state index contributed by atoms with van der Waals surface area (Å²) < 4.78 is 42.2. The highest BCUT2D eigenvalue weighted by Gasteiger charge is 2.62. The molecular formula is C39H61N7O9Si2. The molecule has 18 heteroatoms. The van der Waals surface area contributed by atoms with Crippen molar-refractivity contribution in [1.82, 2.24) is 29.3 Å². The molecule has 314 valence electrons. The first-order valence-corrected chi connectivity index (χ1v) is 23.7. The topological polar surface area (TPSA) is 169 Å². The highest BCUT2D eigenvalue weighted by Crippen LogP contribution is 2.49. The molecule has 4 heterocycles. The van der Waals surface area contributed by atoms with Crippen molar-refractivity contribution in [3.63, 3.8) is 0 Å². The molecule has 0 spiro atoms. The molecule has 3 amide bonds. The van der Waals surface area contributed by atoms with Gasteiger partial charge in [-0.15, -0.1) is 0 Å². The Morgan fingerprint density at radius 3 is 2.05 bits per heavy atom. The van der Waals surface area contributed by atoms with E-state index >= 15 is 0 Å². The lowest BCUT2D eigenvalue weighted by Gasteiger charge is -2.51. The third-order valence-electron chi connectivity index (χ3n) is 10.5. The Balaban J connectivity index is 1.53. The van der Waals surface area contributed by atoms with Crippen molar-refractivity contribution < 1.29 is 41.6 Å². The van der Waals surface area contributed by atoms with Gasteiger partial charge in [0.05, 0.1) is 12.9 Å². The number of rotatable bonds is 11. The van der Waals surface area contributed by atoms with E-state index in [9.17, 15) is 14.4 Å². The van der Waals surface area contributed by atoms with Crippen molar-refractivity contribution in [3.8, 4) is 0 Å². The summed E-state index contributed by atoms with van der Waals surface area (Å²) in [5, 5.41) is 2.85. The lowest BCUT2D eigenvalue weighted by Crippen LogP contribution is -2.66. The normalized spacial score (nSPS) is 22.0. The van der Waals surface area contributed by atoms with Crippen LogP contribution in [0.5, 0.6) is 0 Å². The minimum Gasteiger partial charge on any atom is -0.444 e. The van der Waals surface area contributed by atoms with Crippen LogP contribution in [0.25, 0.3) is 11.2 Å². The SMILES string of the molecule is CC(C)[Si]1(C(C)C)OC[C@H]2O[C@@H](n3cnc4c(NC(=O)c5ccccc5)ncnc43)[C@H](OC(=O)N(C)CCN(C)C(=O)OC(C)(C)C)[C@@H]2O[Si](C(C)C)(C(C)C)O1. The van der Waals surface area contributed by atoms with Crippen LogP contribution in [0.1, 0.15) is 92.7 Å². The fraction of sp³-hybridized carbons (Fsp3) is 0.641. The zero-order chi connectivity index (χ0) is 42.0. The number of benzene rings is 1. The van der Waals surface area contributed by atoms with Crippen LogP contribution in [0.4, 0.5) is 15.4 Å². The maximum absolute atomic E-state index is 14.1. The van der Waals surface area contributed by atoms with E-state index in [-0.39, 0.29) is 53.6 Å². The van der Waals surface area contributed by atoms with Crippen molar-refractivity contribution >= 4 is 52.2 Å². The first kappa shape index (κ1) is 44.2. The first-order chi connectivity index (χ1) is 26.7. The Bertz CT molecular complexity index is 1860. The van der Waals surface area contributed by atoms with E-state index in [0.717, 1.165) is 0 Å². The van der Waals surface area contributed by atoms with Crippen LogP contribution in [-0.2, 0) is 27.2 Å². The molecule has 2 aliphatic heterocycles. The van der Waals surface area contributed by atoms with Gasteiger partial charge < -0.3 is 42.3 Å². The number of anilines is 1. The molecule has 0 aliphatic carbocycles. The molecule has 3 aromatic rings. The monoisotopic (exact) mass is 827 g/mol. The number of aromatic nitrogens is 4. The molecule has 2 fully saturated rings. The van der Waals surface area contributed by atoms with Gasteiger partial charge in [0.2, 0.25) is 0 Å². The van der Waals surface area contributed by atoms with Crippen LogP contribution in [0.2, 0.25) is 22.2 Å². The molecule has 16 nitrogen and oxygen atoms in total. The number of ether oxygens (including phenoxy) is 3. The standard InChI is InChI=1S/C39H61N7O9Si2/c1-24(2)56(25(3)4)50-21-29-31(54-57(55-56,26(5)6)27(7)8)32(52-37(48)44(12)19-20-45(13)38(49)53-39(9,10)11)36(51-29)46-23-42-30-33(40-22-41-34(30)46)43-35(47)28-17-15-14-16-18-28/h14-18,22-27,29,31-32,36H,19-21H2,1-13H3,(H,40,41,43,47)/t29-,31-,32-,36-/m1/s1. The number of carbonyl (C=O) groups is 3. The highest BCUT2D eigenvalue weighted by atomic mass is 28.5. The molecule has 5 rings (SSSR count). The summed E-state index contributed by atoms with van der Waals surface area (Å²) in [5.41, 5.74) is 0.689. The first-order valence-electron chi connectivity index (χ1n) is 19.8. The maximum Gasteiger partial charge on any atom is 0.410 e. The summed E-state index contributed by atoms with van der Waals surface area (Å²) in [6.45, 7) is 23.0. The predicted octanol–water partition coefficient (Wildman–Crippen LogP) is 7.24. The Morgan fingerprint density at radius 2 is 1.47 bits per heavy atom. The Kier molecular flexibility index (Phi) is 13.6. The largest absolute Gasteiger partial charge is 0.444 e. The van der Waals surface area contributed by atoms with E-state index in [0.29, 0.717) is 16.7 Å². The minimum absolute atomic E-state index is 0.00305. The molecular weight excluding hydrogens is 767 g/mol. The van der Waals surface area contributed by atoms with Crippen LogP contribution in [0.15, 0.2) is 43.0 Å². The van der Waals surface area contributed by atoms with Crippen molar-refractivity contribution in [2.24, 2.45) is 0 Å². The second kappa shape index (κ2) is 17.5. The average Bonchev–Trinajstić information content (AvgIpc) is 3.70. The molecule has 2 aromatic heterocycles. The summed E-state index contributed by atoms with van der Waals surface area (Å²) >= 11 is 0. The van der Waals surface area contributed by atoms with Crippen molar-refractivity contribution in [1.29, 1.82) is 0 Å². The van der Waals surface area contributed by atoms with Gasteiger partial charge in [0.1, 0.15) is 24.1 Å². The third-order valence-corrected chi connectivity index (χ3v) is 20.8. The van der Waals surface area contributed by atoms with E-state index in [1.807, 2.05) is 6.07 Å². The molecule has 2 saturated heterocycles. The van der Waals surface area contributed by atoms with E-state index in [1.165, 1.54) is 22.5 Å². The quantitative estimate of drug-likeness (QED) is 0.193. The molecule has 0 radical (unpaired) electrons. The summed E-state index contributed by atoms with van der Waals surface area (Å²) in [6.07, 6.45) is -1.73. The highest BCUT2D eigenvalue weighted by molar-refractivity contribution is 6.84. The van der Waals surface area contributed by atoms with Crippen molar-refractivity contribution in [2.75, 3.05) is 39.1 Å². The van der Waals surface area contributed by atoms with E-state index in [1.54, 1.807) is 63.7 Å². The Labute approximate surface area is 338 Å². The van der Waals surface area contributed by atoms with E-state index in [4.69, 9.17) is 27.2 Å². The van der Waals surface area contributed by atoms with Gasteiger partial charge >= 0.3 is 29.3 Å². The van der Waals surface area contributed by atoms with Crippen LogP contribution in [-0.4, -0.2) is 122 Å². The van der Waals surface area contributed by atoms with Gasteiger partial charge in [-0.2, -0.15) is 0 Å². The fourth-order valence-corrected chi connectivity index (χ4v) is 18.6. The zero-order valence-corrected chi connectivity index (χ0v) is 37.6. The number of amides is 3. The Hall–Kier alpha value is -3.95. The molecule has 2 aliphatic rings. The number of hydrogen-bond donors (Lipinski definition) is 1. The van der Waals surface area contributed by atoms with E-state index < -0.39 is 59.4 Å². The molecule has 1 N–H and O–H groups in total. The summed E-state index contributed by atoms with van der Waals surface area (Å²) in [6, 6.07) is 8.80. The number of imidazole rings is 1. The number of likely N-dealkylation sites (N-methyl/N-ethyl adjacent to an activating group) is 2. The van der Waals surface area contributed by atoms with Gasteiger partial charge in [0.15, 0.2) is 29.3 Å². The number of hydrogen-bond acceptors (Lipinski definition) is 12. The Morgan fingerprint density at radius 1 is 0.877 bits per heavy atom. The van der Waals surface area contributed by atoms with Gasteiger partial charge in [-0.3, -0.25) is 9.36 Å². The molecule has 0 bridgehead atoms. The van der Waals surface area contributed by atoms with Gasteiger partial charge in [-0.05, 0) is 55.1 Å². The number of fused-ring (bicyclic) bond motifs is 2. The van der Waals surface area contributed by atoms with Crippen LogP contribution < -0.4 is 5.32 Å². The van der Waals surface area contributed by atoms with Crippen molar-refractivity contribution in [2.45, 2.75) is 128 Å². The van der Waals surface area contributed by atoms with Gasteiger partial charge in [0.25, 0.3) is 5.91 Å². The predicted molar refractivity (Wildman–Crippen MR) is 219 cm³/mol. The smallest absolute Gasteiger partial charge is 0.410 e. The molecule has 1 aromatic carbocycles. The van der Waals surface area contributed by atoms with Gasteiger partial charge in [0, 0.05) is 32.7 Å². The minimum atomic E-state index is -3.18. The van der Waals surface area contributed by atoms with E-state index in [2.05, 4.69) is 75.7 Å². The fourth-order valence-electron chi connectivity index (χ4n) is 7.40. The van der Waals surface area contributed by atoms with Crippen LogP contribution >= 0.6 is 0 Å². The average molecular weight is 828 g/mol. The molecule has 57 heavy (non-hydrogen) atoms. The molecule has 4 atom stereocenters. The van der Waals surface area contributed by atoms with Crippen molar-refractivity contribution in [3.05, 3.63) is 48.5 Å². The molecule has 0 saturated carbocycles. The number of carbonyl (C=O) groups excluding carboxylic acids is 3. The maximum atomic E-state index is 14.1. The lowest BCUT2D eigenvalue weighted by molar-refractivity contribution is -0.0587. The number of nitrogens with one attached hydrogen (secondary N) is 1. The number of nitrogens with zero attached hydrogens (tertiary/aromatic N) is 6. The lowest BCUT2D eigenvalue weighted by atomic mass is 10.1. The third kappa shape index (κ3) is 9.36. The zero-order valence-electron chi connectivity index (χ0n) is 35.6. The van der Waals surface area contributed by atoms with Gasteiger partial charge in [-0.25, -0.2) is 24.5 Å². The molecule has 0 unspecified atom stereocenters. The van der Waals surface area contributed by atoms with Gasteiger partial charge in [-0.1, -0.05) is 73.6 Å².